The van der Waals surface area contributed by atoms with Crippen molar-refractivity contribution in [3.8, 4) is 0 Å². The Hall–Kier alpha value is -1.61. The van der Waals surface area contributed by atoms with Gasteiger partial charge in [0.15, 0.2) is 0 Å². The Kier molecular flexibility index (Phi) is 3.88. The molecule has 1 aliphatic heterocycles. The molecule has 1 aliphatic rings. The molecule has 0 bridgehead atoms. The molecule has 1 unspecified atom stereocenters. The van der Waals surface area contributed by atoms with Crippen molar-refractivity contribution in [2.45, 2.75) is 26.3 Å². The number of pyridine rings is 1. The predicted molar refractivity (Wildman–Crippen MR) is 85.0 cm³/mol. The van der Waals surface area contributed by atoms with E-state index in [0.717, 1.165) is 12.5 Å². The van der Waals surface area contributed by atoms with Crippen LogP contribution in [0.5, 0.6) is 0 Å². The number of nitrogens with one attached hydrogen (secondary N) is 1. The smallest absolute Gasteiger partial charge is 0.0400 e. The summed E-state index contributed by atoms with van der Waals surface area (Å²) < 4.78 is 0. The molecule has 1 aromatic heterocycles. The maximum atomic E-state index is 4.16. The summed E-state index contributed by atoms with van der Waals surface area (Å²) in [6, 6.07) is 9.18. The number of likely N-dealkylation sites (tertiary alicyclic amines) is 1. The monoisotopic (exact) mass is 269 g/mol. The van der Waals surface area contributed by atoms with Crippen molar-refractivity contribution >= 4 is 16.5 Å². The highest BCUT2D eigenvalue weighted by Crippen LogP contribution is 2.21. The number of anilines is 1. The highest BCUT2D eigenvalue weighted by Gasteiger charge is 2.22. The second kappa shape index (κ2) is 5.80. The molecule has 3 rings (SSSR count). The first-order valence-electron chi connectivity index (χ1n) is 7.53. The molecule has 0 amide bonds. The molecule has 3 nitrogen and oxygen atoms in total. The number of fused-ring (bicyclic) bond motifs is 1. The quantitative estimate of drug-likeness (QED) is 0.922. The fourth-order valence-electron chi connectivity index (χ4n) is 3.04. The summed E-state index contributed by atoms with van der Waals surface area (Å²) in [6.07, 6.45) is 5.01. The van der Waals surface area contributed by atoms with Crippen LogP contribution >= 0.6 is 0 Å². The molecule has 1 atom stereocenters. The topological polar surface area (TPSA) is 28.2 Å². The molecule has 2 heterocycles. The number of hydrogen-bond acceptors (Lipinski definition) is 3. The molecule has 2 aromatic rings. The third-order valence-corrected chi connectivity index (χ3v) is 3.91. The predicted octanol–water partition coefficient (Wildman–Crippen LogP) is 3.38. The second-order valence-corrected chi connectivity index (χ2v) is 6.22. The lowest BCUT2D eigenvalue weighted by Gasteiger charge is -2.19. The molecule has 1 aromatic carbocycles. The second-order valence-electron chi connectivity index (χ2n) is 6.22. The molecule has 0 radical (unpaired) electrons. The van der Waals surface area contributed by atoms with Crippen LogP contribution in [-0.2, 0) is 0 Å². The van der Waals surface area contributed by atoms with Crippen LogP contribution in [0.25, 0.3) is 10.8 Å². The zero-order valence-electron chi connectivity index (χ0n) is 12.3. The number of nitrogens with zero attached hydrogens (tertiary/aromatic N) is 2. The van der Waals surface area contributed by atoms with Crippen molar-refractivity contribution in [2.24, 2.45) is 5.92 Å². The Morgan fingerprint density at radius 3 is 3.05 bits per heavy atom. The molecule has 1 fully saturated rings. The average Bonchev–Trinajstić information content (AvgIpc) is 2.85. The van der Waals surface area contributed by atoms with Gasteiger partial charge in [0, 0.05) is 49.1 Å². The number of aromatic nitrogens is 1. The van der Waals surface area contributed by atoms with E-state index in [1.54, 1.807) is 0 Å². The Balaban J connectivity index is 1.65. The lowest BCUT2D eigenvalue weighted by atomic mass is 10.1. The fraction of sp³-hybridized carbons (Fsp3) is 0.471. The maximum Gasteiger partial charge on any atom is 0.0400 e. The van der Waals surface area contributed by atoms with E-state index in [2.05, 4.69) is 53.3 Å². The van der Waals surface area contributed by atoms with Gasteiger partial charge < -0.3 is 10.2 Å². The average molecular weight is 269 g/mol. The first-order valence-corrected chi connectivity index (χ1v) is 7.53. The van der Waals surface area contributed by atoms with E-state index in [0.29, 0.717) is 6.04 Å². The van der Waals surface area contributed by atoms with Crippen LogP contribution in [0, 0.1) is 5.92 Å². The van der Waals surface area contributed by atoms with Crippen molar-refractivity contribution < 1.29 is 0 Å². The first-order chi connectivity index (χ1) is 9.70. The van der Waals surface area contributed by atoms with E-state index in [9.17, 15) is 0 Å². The lowest BCUT2D eigenvalue weighted by Crippen LogP contribution is -2.28. The van der Waals surface area contributed by atoms with Crippen molar-refractivity contribution in [1.29, 1.82) is 0 Å². The molecule has 3 heteroatoms. The molecular formula is C17H23N3. The zero-order chi connectivity index (χ0) is 13.9. The Morgan fingerprint density at radius 1 is 1.30 bits per heavy atom. The van der Waals surface area contributed by atoms with E-state index < -0.39 is 0 Å². The minimum absolute atomic E-state index is 0.577. The maximum absolute atomic E-state index is 4.16. The minimum atomic E-state index is 0.577. The van der Waals surface area contributed by atoms with Gasteiger partial charge in [0.1, 0.15) is 0 Å². The summed E-state index contributed by atoms with van der Waals surface area (Å²) in [4.78, 5) is 6.72. The van der Waals surface area contributed by atoms with Crippen molar-refractivity contribution in [2.75, 3.05) is 25.0 Å². The summed E-state index contributed by atoms with van der Waals surface area (Å²) >= 11 is 0. The van der Waals surface area contributed by atoms with Crippen molar-refractivity contribution in [3.63, 3.8) is 0 Å². The van der Waals surface area contributed by atoms with Crippen LogP contribution in [-0.4, -0.2) is 35.6 Å². The van der Waals surface area contributed by atoms with E-state index in [1.807, 2.05) is 12.4 Å². The van der Waals surface area contributed by atoms with Crippen LogP contribution in [0.4, 0.5) is 5.69 Å². The van der Waals surface area contributed by atoms with Crippen molar-refractivity contribution in [3.05, 3.63) is 36.7 Å². The third-order valence-electron chi connectivity index (χ3n) is 3.91. The molecular weight excluding hydrogens is 246 g/mol. The van der Waals surface area contributed by atoms with E-state index in [1.165, 1.54) is 36.0 Å². The normalized spacial score (nSPS) is 19.9. The molecule has 0 aliphatic carbocycles. The Bertz CT molecular complexity index is 579. The first kappa shape index (κ1) is 13.4. The number of benzene rings is 1. The standard InChI is InChI=1S/C17H23N3/c1-13(2)11-20-8-6-17(12-20)19-16-4-3-15-10-18-7-5-14(15)9-16/h3-5,7,9-10,13,17,19H,6,8,11-12H2,1-2H3. The molecule has 106 valence electrons. The zero-order valence-corrected chi connectivity index (χ0v) is 12.3. The molecule has 20 heavy (non-hydrogen) atoms. The summed E-state index contributed by atoms with van der Waals surface area (Å²) in [5, 5.41) is 6.13. The van der Waals surface area contributed by atoms with Crippen LogP contribution in [0.1, 0.15) is 20.3 Å². The van der Waals surface area contributed by atoms with Gasteiger partial charge in [-0.25, -0.2) is 0 Å². The Morgan fingerprint density at radius 2 is 2.20 bits per heavy atom. The third kappa shape index (κ3) is 3.10. The van der Waals surface area contributed by atoms with Gasteiger partial charge in [-0.2, -0.15) is 0 Å². The Labute approximate surface area is 121 Å². The number of hydrogen-bond donors (Lipinski definition) is 1. The van der Waals surface area contributed by atoms with Crippen LogP contribution in [0.2, 0.25) is 0 Å². The minimum Gasteiger partial charge on any atom is -0.381 e. The fourth-order valence-corrected chi connectivity index (χ4v) is 3.04. The molecule has 0 saturated carbocycles. The highest BCUT2D eigenvalue weighted by atomic mass is 15.2. The van der Waals surface area contributed by atoms with Crippen LogP contribution in [0.3, 0.4) is 0 Å². The van der Waals surface area contributed by atoms with E-state index in [-0.39, 0.29) is 0 Å². The van der Waals surface area contributed by atoms with Gasteiger partial charge in [0.05, 0.1) is 0 Å². The van der Waals surface area contributed by atoms with Crippen molar-refractivity contribution in [1.82, 2.24) is 9.88 Å². The summed E-state index contributed by atoms with van der Waals surface area (Å²) in [5.74, 6) is 0.752. The molecule has 0 spiro atoms. The van der Waals surface area contributed by atoms with E-state index in [4.69, 9.17) is 0 Å². The van der Waals surface area contributed by atoms with Gasteiger partial charge >= 0.3 is 0 Å². The van der Waals surface area contributed by atoms with Crippen LogP contribution in [0.15, 0.2) is 36.7 Å². The SMILES string of the molecule is CC(C)CN1CCC(Nc2ccc3cnccc3c2)C1. The lowest BCUT2D eigenvalue weighted by molar-refractivity contribution is 0.296. The highest BCUT2D eigenvalue weighted by molar-refractivity contribution is 5.84. The van der Waals surface area contributed by atoms with Gasteiger partial charge in [0.2, 0.25) is 0 Å². The summed E-state index contributed by atoms with van der Waals surface area (Å²) in [5.41, 5.74) is 1.22. The largest absolute Gasteiger partial charge is 0.381 e. The number of rotatable bonds is 4. The summed E-state index contributed by atoms with van der Waals surface area (Å²) in [6.45, 7) is 8.16. The van der Waals surface area contributed by atoms with Gasteiger partial charge in [-0.3, -0.25) is 4.98 Å². The summed E-state index contributed by atoms with van der Waals surface area (Å²) in [7, 11) is 0. The van der Waals surface area contributed by atoms with Gasteiger partial charge in [0.25, 0.3) is 0 Å². The van der Waals surface area contributed by atoms with Gasteiger partial charge in [-0.1, -0.05) is 19.9 Å². The van der Waals surface area contributed by atoms with Gasteiger partial charge in [-0.05, 0) is 35.9 Å². The van der Waals surface area contributed by atoms with Gasteiger partial charge in [-0.15, -0.1) is 0 Å². The molecule has 1 N–H and O–H groups in total. The molecule has 1 saturated heterocycles. The van der Waals surface area contributed by atoms with E-state index >= 15 is 0 Å². The van der Waals surface area contributed by atoms with Crippen LogP contribution < -0.4 is 5.32 Å².